The lowest BCUT2D eigenvalue weighted by atomic mass is 9.78. The molecule has 4 amide bonds. The van der Waals surface area contributed by atoms with Crippen LogP contribution in [-0.2, 0) is 20.3 Å². The SMILES string of the molecule is CC(C)(c1ccc(Oc2ccc3c(c2)C(=O)N(O)C3=O)cc1)c1ccc(Oc2ccc3c(c2)C(=O)N(O)C3=O)cc1.CC(C)(c1ccc(Oc2ccc3c(c2)C(=O)OC3=O)cc1)c1ccc(Oc2ccc3c(c2)C(=O)OC3=O)cc1. The van der Waals surface area contributed by atoms with Gasteiger partial charge in [-0.1, -0.05) is 76.2 Å². The van der Waals surface area contributed by atoms with Crippen molar-refractivity contribution in [2.24, 2.45) is 0 Å². The molecule has 8 aromatic carbocycles. The monoisotopic (exact) mass is 1070 g/mol. The fourth-order valence-corrected chi connectivity index (χ4v) is 9.43. The molecule has 0 spiro atoms. The summed E-state index contributed by atoms with van der Waals surface area (Å²) in [6, 6.07) is 48.3. The summed E-state index contributed by atoms with van der Waals surface area (Å²) in [6.45, 7) is 8.36. The minimum absolute atomic E-state index is 0.0803. The van der Waals surface area contributed by atoms with Gasteiger partial charge in [0, 0.05) is 10.8 Å². The van der Waals surface area contributed by atoms with Gasteiger partial charge in [0.25, 0.3) is 23.6 Å². The Bertz CT molecular complexity index is 3710. The number of carbonyl (C=O) groups is 8. The van der Waals surface area contributed by atoms with E-state index in [0.29, 0.717) is 46.0 Å². The third-order valence-corrected chi connectivity index (χ3v) is 14.2. The maximum absolute atomic E-state index is 12.0. The van der Waals surface area contributed by atoms with Crippen LogP contribution in [0.15, 0.2) is 170 Å². The van der Waals surface area contributed by atoms with Crippen LogP contribution in [0, 0.1) is 0 Å². The van der Waals surface area contributed by atoms with Gasteiger partial charge in [0.15, 0.2) is 0 Å². The highest BCUT2D eigenvalue weighted by Crippen LogP contribution is 2.39. The molecule has 0 fully saturated rings. The Hall–Kier alpha value is -10.6. The van der Waals surface area contributed by atoms with Crippen LogP contribution in [-0.4, -0.2) is 68.0 Å². The number of carbonyl (C=O) groups excluding carboxylic acids is 8. The van der Waals surface area contributed by atoms with Crippen molar-refractivity contribution in [3.05, 3.63) is 237 Å². The number of esters is 4. The number of benzene rings is 8. The Kier molecular flexibility index (Phi) is 12.7. The molecule has 0 unspecified atom stereocenters. The molecular weight excluding hydrogens is 1030 g/mol. The van der Waals surface area contributed by atoms with Gasteiger partial charge in [-0.15, -0.1) is 10.1 Å². The van der Waals surface area contributed by atoms with Gasteiger partial charge in [0.05, 0.1) is 44.5 Å². The minimum Gasteiger partial charge on any atom is -0.457 e. The average Bonchev–Trinajstić information content (AvgIpc) is 4.08. The van der Waals surface area contributed by atoms with E-state index in [1.54, 1.807) is 48.5 Å². The van der Waals surface area contributed by atoms with Crippen LogP contribution in [0.1, 0.15) is 133 Å². The molecule has 0 atom stereocenters. The standard InChI is InChI=1S/C31H22N2O8.C31H20O8/c1-31(2,17-3-7-19(8-4-17)40-21-11-13-23-25(15-21)29(36)32(38)27(23)34)18-5-9-20(10-6-18)41-22-12-14-24-26(16-22)30(37)33(39)28(24)35;1-31(2,17-3-7-19(8-4-17)36-21-11-13-23-25(15-21)29(34)38-27(23)32)18-5-9-20(10-6-18)37-22-12-14-24-26(16-22)30(35)39-28(24)33/h3-16,38-39H,1-2H3;3-16H,1-2H3. The highest BCUT2D eigenvalue weighted by molar-refractivity contribution is 6.21. The Balaban J connectivity index is 0.000000169. The van der Waals surface area contributed by atoms with E-state index >= 15 is 0 Å². The zero-order valence-corrected chi connectivity index (χ0v) is 42.7. The van der Waals surface area contributed by atoms with E-state index in [0.717, 1.165) is 22.3 Å². The quantitative estimate of drug-likeness (QED) is 0.0500. The fraction of sp³-hybridized carbons (Fsp3) is 0.0968. The third kappa shape index (κ3) is 9.46. The number of cyclic esters (lactones) is 4. The highest BCUT2D eigenvalue weighted by atomic mass is 16.6. The van der Waals surface area contributed by atoms with Gasteiger partial charge in [-0.3, -0.25) is 29.6 Å². The largest absolute Gasteiger partial charge is 0.457 e. The molecule has 12 rings (SSSR count). The van der Waals surface area contributed by atoms with E-state index in [2.05, 4.69) is 37.2 Å². The van der Waals surface area contributed by atoms with Crippen LogP contribution < -0.4 is 18.9 Å². The van der Waals surface area contributed by atoms with E-state index in [-0.39, 0.29) is 65.5 Å². The first kappa shape index (κ1) is 51.5. The number of hydroxylamine groups is 4. The van der Waals surface area contributed by atoms with Gasteiger partial charge in [-0.25, -0.2) is 19.2 Å². The molecule has 0 aliphatic carbocycles. The summed E-state index contributed by atoms with van der Waals surface area (Å²) in [5.41, 5.74) is 4.65. The number of amides is 4. The number of rotatable bonds is 12. The summed E-state index contributed by atoms with van der Waals surface area (Å²) in [4.78, 5) is 94.7. The first-order valence-corrected chi connectivity index (χ1v) is 24.6. The van der Waals surface area contributed by atoms with Gasteiger partial charge in [-0.05, 0) is 144 Å². The van der Waals surface area contributed by atoms with E-state index in [1.807, 2.05) is 72.8 Å². The minimum atomic E-state index is -0.791. The Labute approximate surface area is 454 Å². The predicted molar refractivity (Wildman–Crippen MR) is 280 cm³/mol. The van der Waals surface area contributed by atoms with Crippen LogP contribution in [0.4, 0.5) is 0 Å². The Morgan fingerprint density at radius 2 is 0.500 bits per heavy atom. The molecule has 4 aliphatic heterocycles. The molecule has 8 aromatic rings. The van der Waals surface area contributed by atoms with E-state index in [1.165, 1.54) is 48.5 Å². The van der Waals surface area contributed by atoms with Crippen LogP contribution in [0.2, 0.25) is 0 Å². The molecule has 0 aromatic heterocycles. The predicted octanol–water partition coefficient (Wildman–Crippen LogP) is 11.8. The molecule has 18 heteroatoms. The van der Waals surface area contributed by atoms with E-state index in [4.69, 9.17) is 18.9 Å². The van der Waals surface area contributed by atoms with Crippen molar-refractivity contribution in [2.45, 2.75) is 38.5 Å². The number of fused-ring (bicyclic) bond motifs is 4. The number of hydrogen-bond acceptors (Lipinski definition) is 16. The second-order valence-corrected chi connectivity index (χ2v) is 19.8. The second kappa shape index (κ2) is 19.8. The lowest BCUT2D eigenvalue weighted by molar-refractivity contribution is -0.0330. The summed E-state index contributed by atoms with van der Waals surface area (Å²) in [7, 11) is 0. The van der Waals surface area contributed by atoms with Crippen molar-refractivity contribution < 1.29 is 77.2 Å². The smallest absolute Gasteiger partial charge is 0.347 e. The molecule has 18 nitrogen and oxygen atoms in total. The van der Waals surface area contributed by atoms with Crippen LogP contribution in [0.25, 0.3) is 0 Å². The number of imide groups is 2. The van der Waals surface area contributed by atoms with Crippen LogP contribution in [0.5, 0.6) is 46.0 Å². The molecule has 80 heavy (non-hydrogen) atoms. The maximum Gasteiger partial charge on any atom is 0.347 e. The van der Waals surface area contributed by atoms with Crippen LogP contribution >= 0.6 is 0 Å². The van der Waals surface area contributed by atoms with Crippen molar-refractivity contribution in [1.82, 2.24) is 10.1 Å². The van der Waals surface area contributed by atoms with Gasteiger partial charge in [-0.2, -0.15) is 0 Å². The molecule has 0 radical (unpaired) electrons. The second-order valence-electron chi connectivity index (χ2n) is 19.8. The summed E-state index contributed by atoms with van der Waals surface area (Å²) < 4.78 is 32.8. The Morgan fingerprint density at radius 1 is 0.287 bits per heavy atom. The molecule has 396 valence electrons. The average molecular weight is 1070 g/mol. The van der Waals surface area contributed by atoms with Crippen LogP contribution in [0.3, 0.4) is 0 Å². The summed E-state index contributed by atoms with van der Waals surface area (Å²) in [5, 5.41) is 19.3. The molecule has 0 saturated heterocycles. The zero-order chi connectivity index (χ0) is 56.4. The third-order valence-electron chi connectivity index (χ3n) is 14.2. The number of ether oxygens (including phenoxy) is 6. The first-order valence-electron chi connectivity index (χ1n) is 24.6. The molecule has 0 saturated carbocycles. The van der Waals surface area contributed by atoms with Crippen molar-refractivity contribution in [1.29, 1.82) is 0 Å². The van der Waals surface area contributed by atoms with Crippen molar-refractivity contribution in [3.8, 4) is 46.0 Å². The summed E-state index contributed by atoms with van der Waals surface area (Å²) in [5.74, 6) is -1.98. The lowest BCUT2D eigenvalue weighted by Crippen LogP contribution is -2.25. The first-order chi connectivity index (χ1) is 38.2. The number of hydrogen-bond donors (Lipinski definition) is 2. The molecule has 4 aliphatic rings. The molecule has 0 bridgehead atoms. The fourth-order valence-electron chi connectivity index (χ4n) is 9.43. The van der Waals surface area contributed by atoms with Crippen molar-refractivity contribution >= 4 is 47.5 Å². The van der Waals surface area contributed by atoms with E-state index in [9.17, 15) is 48.8 Å². The number of nitrogens with zero attached hydrogens (tertiary/aromatic N) is 2. The van der Waals surface area contributed by atoms with Gasteiger partial charge in [0.2, 0.25) is 0 Å². The normalized spacial score (nSPS) is 14.2. The highest BCUT2D eigenvalue weighted by Gasteiger charge is 2.37. The van der Waals surface area contributed by atoms with E-state index < -0.39 is 47.5 Å². The zero-order valence-electron chi connectivity index (χ0n) is 42.7. The topological polar surface area (TPSA) is 239 Å². The molecule has 2 N–H and O–H groups in total. The Morgan fingerprint density at radius 3 is 0.775 bits per heavy atom. The van der Waals surface area contributed by atoms with Gasteiger partial charge >= 0.3 is 23.9 Å². The van der Waals surface area contributed by atoms with Crippen molar-refractivity contribution in [3.63, 3.8) is 0 Å². The van der Waals surface area contributed by atoms with Crippen molar-refractivity contribution in [2.75, 3.05) is 0 Å². The molecule has 4 heterocycles. The lowest BCUT2D eigenvalue weighted by Gasteiger charge is -2.26. The van der Waals surface area contributed by atoms with Gasteiger partial charge in [0.1, 0.15) is 46.0 Å². The summed E-state index contributed by atoms with van der Waals surface area (Å²) >= 11 is 0. The molecular formula is C62H42N2O16. The maximum atomic E-state index is 12.0. The summed E-state index contributed by atoms with van der Waals surface area (Å²) in [6.07, 6.45) is 0. The van der Waals surface area contributed by atoms with Gasteiger partial charge < -0.3 is 28.4 Å².